The van der Waals surface area contributed by atoms with Crippen LogP contribution in [0.4, 0.5) is 5.69 Å². The highest BCUT2D eigenvalue weighted by atomic mass is 31.2. The topological polar surface area (TPSA) is 36.1 Å². The number of hydrogen-bond acceptors (Lipinski definition) is 2. The largest absolute Gasteiger partial charge is 0.254 e. The Kier molecular flexibility index (Phi) is 5.20. The van der Waals surface area contributed by atoms with Crippen molar-refractivity contribution in [3.63, 3.8) is 0 Å². The quantitative estimate of drug-likeness (QED) is 0.440. The number of benzene rings is 4. The molecule has 0 saturated heterocycles. The first-order valence-corrected chi connectivity index (χ1v) is 10.9. The fourth-order valence-electron chi connectivity index (χ4n) is 3.33. The maximum absolute atomic E-state index is 9.12. The van der Waals surface area contributed by atoms with Crippen molar-refractivity contribution >= 4 is 28.7 Å². The second-order valence-electron chi connectivity index (χ2n) is 6.40. The molecule has 0 radical (unpaired) electrons. The van der Waals surface area contributed by atoms with Crippen molar-refractivity contribution < 1.29 is 0 Å². The molecule has 4 aromatic rings. The van der Waals surface area contributed by atoms with Gasteiger partial charge in [0.1, 0.15) is 0 Å². The van der Waals surface area contributed by atoms with Crippen molar-refractivity contribution in [1.82, 2.24) is 0 Å². The molecule has 0 amide bonds. The lowest BCUT2D eigenvalue weighted by atomic mass is 10.2. The molecule has 134 valence electrons. The van der Waals surface area contributed by atoms with Crippen LogP contribution in [0.15, 0.2) is 120 Å². The summed E-state index contributed by atoms with van der Waals surface area (Å²) in [5, 5.41) is 12.7. The van der Waals surface area contributed by atoms with Crippen LogP contribution in [0.2, 0.25) is 0 Å². The fraction of sp³-hybridized carbons (Fsp3) is 0. The van der Waals surface area contributed by atoms with Crippen molar-refractivity contribution in [1.29, 1.82) is 5.26 Å². The third kappa shape index (κ3) is 3.41. The molecule has 0 bridgehead atoms. The second-order valence-corrected chi connectivity index (χ2v) is 9.42. The highest BCUT2D eigenvalue weighted by molar-refractivity contribution is 7.87. The minimum atomic E-state index is -2.26. The van der Waals surface area contributed by atoms with Gasteiger partial charge in [0.25, 0.3) is 0 Å². The fourth-order valence-corrected chi connectivity index (χ4v) is 6.86. The Bertz CT molecular complexity index is 1040. The molecule has 0 aliphatic heterocycles. The Morgan fingerprint density at radius 1 is 0.536 bits per heavy atom. The normalized spacial score (nSPS) is 10.8. The van der Waals surface area contributed by atoms with Crippen LogP contribution in [0.3, 0.4) is 0 Å². The van der Waals surface area contributed by atoms with E-state index in [1.54, 1.807) is 0 Å². The van der Waals surface area contributed by atoms with E-state index < -0.39 is 7.05 Å². The Labute approximate surface area is 165 Å². The molecule has 0 atom stereocenters. The van der Waals surface area contributed by atoms with Gasteiger partial charge in [0.2, 0.25) is 0 Å². The van der Waals surface area contributed by atoms with Gasteiger partial charge in [-0.25, -0.2) is 0 Å². The lowest BCUT2D eigenvalue weighted by molar-refractivity contribution is 1.47. The van der Waals surface area contributed by atoms with E-state index in [0.29, 0.717) is 5.56 Å². The van der Waals surface area contributed by atoms with Gasteiger partial charge in [-0.2, -0.15) is 5.26 Å². The summed E-state index contributed by atoms with van der Waals surface area (Å²) in [6.45, 7) is 0. The van der Waals surface area contributed by atoms with E-state index in [0.717, 1.165) is 5.69 Å². The summed E-state index contributed by atoms with van der Waals surface area (Å²) in [6.07, 6.45) is 0. The molecule has 0 spiro atoms. The number of nitrogens with zero attached hydrogens (tertiary/aromatic N) is 2. The molecule has 0 aliphatic carbocycles. The van der Waals surface area contributed by atoms with Crippen molar-refractivity contribution in [2.75, 3.05) is 0 Å². The third-order valence-electron chi connectivity index (χ3n) is 4.65. The van der Waals surface area contributed by atoms with E-state index >= 15 is 0 Å². The van der Waals surface area contributed by atoms with Gasteiger partial charge in [0.05, 0.1) is 24.4 Å². The predicted octanol–water partition coefficient (Wildman–Crippen LogP) is 5.37. The Morgan fingerprint density at radius 3 is 1.29 bits per heavy atom. The zero-order chi connectivity index (χ0) is 19.2. The van der Waals surface area contributed by atoms with Crippen molar-refractivity contribution in [2.24, 2.45) is 4.74 Å². The van der Waals surface area contributed by atoms with E-state index in [1.165, 1.54) is 15.9 Å². The average Bonchev–Trinajstić information content (AvgIpc) is 2.80. The van der Waals surface area contributed by atoms with E-state index in [9.17, 15) is 0 Å². The van der Waals surface area contributed by atoms with E-state index in [4.69, 9.17) is 10.0 Å². The standard InChI is InChI=1S/C25H19N2P/c26-20-21-16-18-22(19-17-21)27-28(23-10-4-1-5-11-23,24-12-6-2-7-13-24)25-14-8-3-9-15-25/h1-19H. The lowest BCUT2D eigenvalue weighted by Gasteiger charge is -2.27. The van der Waals surface area contributed by atoms with Crippen LogP contribution in [0.25, 0.3) is 0 Å². The summed E-state index contributed by atoms with van der Waals surface area (Å²) in [5.74, 6) is 0. The van der Waals surface area contributed by atoms with E-state index in [2.05, 4.69) is 78.9 Å². The van der Waals surface area contributed by atoms with E-state index in [1.807, 2.05) is 42.5 Å². The van der Waals surface area contributed by atoms with E-state index in [-0.39, 0.29) is 0 Å². The number of hydrogen-bond donors (Lipinski definition) is 0. The molecular formula is C25H19N2P. The maximum Gasteiger partial charge on any atom is 0.0991 e. The van der Waals surface area contributed by atoms with Gasteiger partial charge < -0.3 is 0 Å². The van der Waals surface area contributed by atoms with Gasteiger partial charge in [-0.1, -0.05) is 91.0 Å². The minimum absolute atomic E-state index is 0.641. The van der Waals surface area contributed by atoms with Crippen molar-refractivity contribution in [3.8, 4) is 6.07 Å². The van der Waals surface area contributed by atoms with Crippen molar-refractivity contribution in [2.45, 2.75) is 0 Å². The highest BCUT2D eigenvalue weighted by Gasteiger charge is 2.27. The SMILES string of the molecule is N#Cc1ccc(N=P(c2ccccc2)(c2ccccc2)c2ccccc2)cc1. The molecule has 4 aromatic carbocycles. The summed E-state index contributed by atoms with van der Waals surface area (Å²) >= 11 is 0. The number of nitriles is 1. The highest BCUT2D eigenvalue weighted by Crippen LogP contribution is 2.49. The summed E-state index contributed by atoms with van der Waals surface area (Å²) in [6, 6.07) is 41.3. The zero-order valence-electron chi connectivity index (χ0n) is 15.3. The molecule has 0 N–H and O–H groups in total. The van der Waals surface area contributed by atoms with Crippen LogP contribution in [-0.4, -0.2) is 0 Å². The molecule has 0 aromatic heterocycles. The maximum atomic E-state index is 9.12. The molecule has 28 heavy (non-hydrogen) atoms. The first-order chi connectivity index (χ1) is 13.8. The monoisotopic (exact) mass is 378 g/mol. The van der Waals surface area contributed by atoms with Gasteiger partial charge in [0.15, 0.2) is 0 Å². The summed E-state index contributed by atoms with van der Waals surface area (Å²) in [4.78, 5) is 0. The minimum Gasteiger partial charge on any atom is -0.254 e. The van der Waals surface area contributed by atoms with Gasteiger partial charge in [-0.15, -0.1) is 0 Å². The zero-order valence-corrected chi connectivity index (χ0v) is 16.2. The lowest BCUT2D eigenvalue weighted by Crippen LogP contribution is -2.25. The van der Waals surface area contributed by atoms with Crippen LogP contribution >= 0.6 is 7.05 Å². The molecule has 0 heterocycles. The molecule has 2 nitrogen and oxygen atoms in total. The second kappa shape index (κ2) is 8.09. The predicted molar refractivity (Wildman–Crippen MR) is 118 cm³/mol. The molecule has 0 unspecified atom stereocenters. The third-order valence-corrected chi connectivity index (χ3v) is 8.32. The summed E-state index contributed by atoms with van der Waals surface area (Å²) in [5.41, 5.74) is 1.52. The van der Waals surface area contributed by atoms with Crippen LogP contribution in [0.5, 0.6) is 0 Å². The average molecular weight is 378 g/mol. The van der Waals surface area contributed by atoms with Crippen LogP contribution < -0.4 is 15.9 Å². The Balaban J connectivity index is 2.09. The molecule has 3 heteroatoms. The van der Waals surface area contributed by atoms with Crippen LogP contribution in [0, 0.1) is 11.3 Å². The van der Waals surface area contributed by atoms with Gasteiger partial charge >= 0.3 is 0 Å². The van der Waals surface area contributed by atoms with Gasteiger partial charge in [0, 0.05) is 15.9 Å². The first-order valence-electron chi connectivity index (χ1n) is 9.12. The molecule has 4 rings (SSSR count). The molecular weight excluding hydrogens is 359 g/mol. The smallest absolute Gasteiger partial charge is 0.0991 e. The van der Waals surface area contributed by atoms with Crippen LogP contribution in [-0.2, 0) is 0 Å². The van der Waals surface area contributed by atoms with Gasteiger partial charge in [-0.05, 0) is 24.3 Å². The van der Waals surface area contributed by atoms with Crippen LogP contribution in [0.1, 0.15) is 5.56 Å². The molecule has 0 fully saturated rings. The number of rotatable bonds is 4. The summed E-state index contributed by atoms with van der Waals surface area (Å²) in [7, 11) is -2.26. The first kappa shape index (κ1) is 18.0. The molecule has 0 saturated carbocycles. The molecule has 0 aliphatic rings. The van der Waals surface area contributed by atoms with Crippen molar-refractivity contribution in [3.05, 3.63) is 121 Å². The Morgan fingerprint density at radius 2 is 0.929 bits per heavy atom. The summed E-state index contributed by atoms with van der Waals surface area (Å²) < 4.78 is 5.38. The Hall–Kier alpha value is -3.40. The van der Waals surface area contributed by atoms with Gasteiger partial charge in [-0.3, -0.25) is 4.74 Å².